The Balaban J connectivity index is 2.43. The van der Waals surface area contributed by atoms with E-state index in [1.807, 2.05) is 19.2 Å². The molecule has 0 fully saturated rings. The van der Waals surface area contributed by atoms with E-state index in [2.05, 4.69) is 16.9 Å². The summed E-state index contributed by atoms with van der Waals surface area (Å²) in [6, 6.07) is 0.336. The van der Waals surface area contributed by atoms with E-state index in [0.717, 1.165) is 11.5 Å². The predicted molar refractivity (Wildman–Crippen MR) is 43.7 cm³/mol. The summed E-state index contributed by atoms with van der Waals surface area (Å²) in [5, 5.41) is 0.805. The van der Waals surface area contributed by atoms with Gasteiger partial charge in [0.15, 0.2) is 0 Å². The molecule has 0 aromatic heterocycles. The van der Waals surface area contributed by atoms with E-state index in [9.17, 15) is 0 Å². The van der Waals surface area contributed by atoms with Crippen LogP contribution in [-0.2, 0) is 0 Å². The van der Waals surface area contributed by atoms with Gasteiger partial charge < -0.3 is 0 Å². The third-order valence-corrected chi connectivity index (χ3v) is 1.61. The van der Waals surface area contributed by atoms with Crippen LogP contribution in [0, 0.1) is 0 Å². The molecule has 0 spiro atoms. The molecule has 0 bridgehead atoms. The number of halogens is 1. The van der Waals surface area contributed by atoms with Crippen LogP contribution in [0.1, 0.15) is 6.42 Å². The predicted octanol–water partition coefficient (Wildman–Crippen LogP) is 1.16. The van der Waals surface area contributed by atoms with Gasteiger partial charge in [-0.3, -0.25) is 10.9 Å². The van der Waals surface area contributed by atoms with Crippen molar-refractivity contribution in [1.82, 2.24) is 10.9 Å². The Kier molecular flexibility index (Phi) is 2.93. The number of rotatable bonds is 2. The molecule has 1 rings (SSSR count). The van der Waals surface area contributed by atoms with Crippen molar-refractivity contribution >= 4 is 11.6 Å². The molecule has 1 atom stereocenters. The third-order valence-electron chi connectivity index (χ3n) is 1.36. The first-order chi connectivity index (χ1) is 4.83. The Morgan fingerprint density at radius 3 is 3.10 bits per heavy atom. The number of hydrogen-bond acceptors (Lipinski definition) is 2. The quantitative estimate of drug-likeness (QED) is 0.590. The first kappa shape index (κ1) is 7.79. The van der Waals surface area contributed by atoms with Gasteiger partial charge in [-0.05, 0) is 25.6 Å². The molecule has 0 saturated carbocycles. The van der Waals surface area contributed by atoms with Gasteiger partial charge in [0.2, 0.25) is 0 Å². The standard InChI is InChI=1S/C7H11ClN2/c1-9-10-7-4-2-3-6(8)5-7/h2-3,5,7,9-10H,4H2,1H3. The Morgan fingerprint density at radius 2 is 2.50 bits per heavy atom. The Bertz CT molecular complexity index is 163. The molecule has 2 N–H and O–H groups in total. The first-order valence-corrected chi connectivity index (χ1v) is 3.67. The number of hydrazine groups is 1. The minimum atomic E-state index is 0.336. The van der Waals surface area contributed by atoms with Crippen LogP contribution in [-0.4, -0.2) is 13.1 Å². The maximum Gasteiger partial charge on any atom is 0.0444 e. The lowest BCUT2D eigenvalue weighted by Crippen LogP contribution is -2.37. The van der Waals surface area contributed by atoms with Crippen LogP contribution < -0.4 is 10.9 Å². The van der Waals surface area contributed by atoms with Gasteiger partial charge in [0, 0.05) is 11.1 Å². The average molecular weight is 159 g/mol. The molecule has 0 aromatic rings. The summed E-state index contributed by atoms with van der Waals surface area (Å²) in [6.45, 7) is 0. The molecule has 10 heavy (non-hydrogen) atoms. The molecular weight excluding hydrogens is 148 g/mol. The van der Waals surface area contributed by atoms with E-state index in [-0.39, 0.29) is 0 Å². The fourth-order valence-electron chi connectivity index (χ4n) is 0.929. The summed E-state index contributed by atoms with van der Waals surface area (Å²) in [4.78, 5) is 0. The van der Waals surface area contributed by atoms with Gasteiger partial charge in [0.05, 0.1) is 0 Å². The van der Waals surface area contributed by atoms with Crippen molar-refractivity contribution in [3.8, 4) is 0 Å². The summed E-state index contributed by atoms with van der Waals surface area (Å²) < 4.78 is 0. The van der Waals surface area contributed by atoms with Gasteiger partial charge in [0.1, 0.15) is 0 Å². The molecule has 0 heterocycles. The minimum absolute atomic E-state index is 0.336. The van der Waals surface area contributed by atoms with Crippen LogP contribution in [0.5, 0.6) is 0 Å². The van der Waals surface area contributed by atoms with E-state index in [1.165, 1.54) is 0 Å². The molecule has 0 aromatic carbocycles. The molecule has 56 valence electrons. The molecule has 1 aliphatic carbocycles. The molecule has 0 aliphatic heterocycles. The van der Waals surface area contributed by atoms with Crippen molar-refractivity contribution in [3.05, 3.63) is 23.3 Å². The monoisotopic (exact) mass is 158 g/mol. The second-order valence-corrected chi connectivity index (χ2v) is 2.63. The van der Waals surface area contributed by atoms with Crippen LogP contribution in [0.15, 0.2) is 23.3 Å². The molecule has 0 radical (unpaired) electrons. The molecule has 1 unspecified atom stereocenters. The van der Waals surface area contributed by atoms with E-state index in [4.69, 9.17) is 11.6 Å². The summed E-state index contributed by atoms with van der Waals surface area (Å²) in [5.41, 5.74) is 5.92. The van der Waals surface area contributed by atoms with Crippen molar-refractivity contribution in [2.24, 2.45) is 0 Å². The van der Waals surface area contributed by atoms with Crippen molar-refractivity contribution in [2.45, 2.75) is 12.5 Å². The number of hydrogen-bond donors (Lipinski definition) is 2. The fourth-order valence-corrected chi connectivity index (χ4v) is 1.17. The molecule has 0 saturated heterocycles. The smallest absolute Gasteiger partial charge is 0.0444 e. The van der Waals surface area contributed by atoms with Gasteiger partial charge >= 0.3 is 0 Å². The highest BCUT2D eigenvalue weighted by atomic mass is 35.5. The van der Waals surface area contributed by atoms with Crippen LogP contribution in [0.4, 0.5) is 0 Å². The zero-order chi connectivity index (χ0) is 7.40. The van der Waals surface area contributed by atoms with Gasteiger partial charge in [-0.1, -0.05) is 17.7 Å². The molecular formula is C7H11ClN2. The summed E-state index contributed by atoms with van der Waals surface area (Å²) >= 11 is 5.75. The highest BCUT2D eigenvalue weighted by Gasteiger charge is 2.05. The molecule has 0 amide bonds. The minimum Gasteiger partial charge on any atom is -0.260 e. The van der Waals surface area contributed by atoms with E-state index >= 15 is 0 Å². The SMILES string of the molecule is CNNC1C=C(Cl)C=CC1. The largest absolute Gasteiger partial charge is 0.260 e. The summed E-state index contributed by atoms with van der Waals surface area (Å²) in [5.74, 6) is 0. The van der Waals surface area contributed by atoms with Crippen LogP contribution in [0.2, 0.25) is 0 Å². The second kappa shape index (κ2) is 3.76. The maximum absolute atomic E-state index is 5.75. The lowest BCUT2D eigenvalue weighted by atomic mass is 10.1. The second-order valence-electron chi connectivity index (χ2n) is 2.19. The zero-order valence-corrected chi connectivity index (χ0v) is 6.65. The fraction of sp³-hybridized carbons (Fsp3) is 0.429. The maximum atomic E-state index is 5.75. The van der Waals surface area contributed by atoms with Gasteiger partial charge in [0.25, 0.3) is 0 Å². The Hall–Kier alpha value is -0.310. The zero-order valence-electron chi connectivity index (χ0n) is 5.89. The van der Waals surface area contributed by atoms with Crippen molar-refractivity contribution in [3.63, 3.8) is 0 Å². The number of allylic oxidation sites excluding steroid dienone is 2. The van der Waals surface area contributed by atoms with Gasteiger partial charge in [-0.15, -0.1) is 0 Å². The van der Waals surface area contributed by atoms with E-state index < -0.39 is 0 Å². The van der Waals surface area contributed by atoms with Crippen molar-refractivity contribution in [1.29, 1.82) is 0 Å². The molecule has 3 heteroatoms. The van der Waals surface area contributed by atoms with Crippen molar-refractivity contribution < 1.29 is 0 Å². The summed E-state index contributed by atoms with van der Waals surface area (Å²) in [7, 11) is 1.85. The normalized spacial score (nSPS) is 24.6. The van der Waals surface area contributed by atoms with Crippen LogP contribution in [0.3, 0.4) is 0 Å². The van der Waals surface area contributed by atoms with Crippen LogP contribution >= 0.6 is 11.6 Å². The van der Waals surface area contributed by atoms with Crippen LogP contribution in [0.25, 0.3) is 0 Å². The Morgan fingerprint density at radius 1 is 1.70 bits per heavy atom. The average Bonchev–Trinajstić information content (AvgIpc) is 1.88. The van der Waals surface area contributed by atoms with E-state index in [0.29, 0.717) is 6.04 Å². The lowest BCUT2D eigenvalue weighted by molar-refractivity contribution is 0.524. The molecule has 2 nitrogen and oxygen atoms in total. The highest BCUT2D eigenvalue weighted by molar-refractivity contribution is 6.31. The van der Waals surface area contributed by atoms with Crippen molar-refractivity contribution in [2.75, 3.05) is 7.05 Å². The first-order valence-electron chi connectivity index (χ1n) is 3.29. The lowest BCUT2D eigenvalue weighted by Gasteiger charge is -2.14. The topological polar surface area (TPSA) is 24.1 Å². The van der Waals surface area contributed by atoms with Gasteiger partial charge in [-0.25, -0.2) is 0 Å². The highest BCUT2D eigenvalue weighted by Crippen LogP contribution is 2.12. The van der Waals surface area contributed by atoms with Gasteiger partial charge in [-0.2, -0.15) is 0 Å². The third kappa shape index (κ3) is 2.14. The number of nitrogens with one attached hydrogen (secondary N) is 2. The van der Waals surface area contributed by atoms with E-state index in [1.54, 1.807) is 0 Å². The molecule has 1 aliphatic rings. The summed E-state index contributed by atoms with van der Waals surface area (Å²) in [6.07, 6.45) is 6.95. The Labute approximate surface area is 65.9 Å².